The van der Waals surface area contributed by atoms with Crippen LogP contribution in [0.2, 0.25) is 0 Å². The number of nitrogens with one attached hydrogen (secondary N) is 1. The second kappa shape index (κ2) is 6.25. The Morgan fingerprint density at radius 1 is 1.30 bits per heavy atom. The Kier molecular flexibility index (Phi) is 5.04. The molecule has 6 nitrogen and oxygen atoms in total. The van der Waals surface area contributed by atoms with E-state index in [1.807, 2.05) is 34.6 Å². The van der Waals surface area contributed by atoms with Gasteiger partial charge in [0.1, 0.15) is 6.26 Å². The molecular weight excluding hydrogens is 315 g/mol. The van der Waals surface area contributed by atoms with Crippen molar-refractivity contribution in [2.24, 2.45) is 7.05 Å². The molecule has 23 heavy (non-hydrogen) atoms. The minimum Gasteiger partial charge on any atom is -0.598 e. The summed E-state index contributed by atoms with van der Waals surface area (Å²) in [6, 6.07) is 1.29. The predicted octanol–water partition coefficient (Wildman–Crippen LogP) is 0.629. The van der Waals surface area contributed by atoms with Gasteiger partial charge in [-0.3, -0.25) is 4.79 Å². The van der Waals surface area contributed by atoms with Crippen molar-refractivity contribution in [1.29, 1.82) is 0 Å². The lowest BCUT2D eigenvalue weighted by molar-refractivity contribution is 0.00578. The van der Waals surface area contributed by atoms with E-state index >= 15 is 0 Å². The van der Waals surface area contributed by atoms with Crippen LogP contribution in [0.1, 0.15) is 46.2 Å². The van der Waals surface area contributed by atoms with Crippen LogP contribution in [0.5, 0.6) is 0 Å². The Morgan fingerprint density at radius 3 is 2.30 bits per heavy atom. The summed E-state index contributed by atoms with van der Waals surface area (Å²) in [5.41, 5.74) is 0.454. The van der Waals surface area contributed by atoms with E-state index < -0.39 is 29.7 Å². The van der Waals surface area contributed by atoms with Gasteiger partial charge in [-0.15, -0.1) is 4.72 Å². The van der Waals surface area contributed by atoms with Crippen molar-refractivity contribution >= 4 is 23.9 Å². The lowest BCUT2D eigenvalue weighted by Gasteiger charge is -2.32. The van der Waals surface area contributed by atoms with E-state index in [9.17, 15) is 9.35 Å². The Balaban J connectivity index is 2.46. The summed E-state index contributed by atoms with van der Waals surface area (Å²) in [6.45, 7) is 9.80. The highest BCUT2D eigenvalue weighted by atomic mass is 32.2. The number of aryl methyl sites for hydroxylation is 1. The lowest BCUT2D eigenvalue weighted by atomic mass is 9.75. The summed E-state index contributed by atoms with van der Waals surface area (Å²) < 4.78 is 28.1. The number of aromatic nitrogens is 1. The van der Waals surface area contributed by atoms with Crippen LogP contribution in [0.25, 0.3) is 0 Å². The molecule has 0 aromatic carbocycles. The monoisotopic (exact) mass is 340 g/mol. The fourth-order valence-corrected chi connectivity index (χ4v) is 3.14. The molecule has 1 aliphatic heterocycles. The number of hydrogen-bond acceptors (Lipinski definition) is 5. The highest BCUT2D eigenvalue weighted by molar-refractivity contribution is 7.88. The maximum Gasteiger partial charge on any atom is 0.496 e. The van der Waals surface area contributed by atoms with Crippen LogP contribution in [0.3, 0.4) is 0 Å². The maximum atomic E-state index is 12.0. The number of rotatable bonds is 4. The second-order valence-electron chi connectivity index (χ2n) is 7.02. The van der Waals surface area contributed by atoms with E-state index in [4.69, 9.17) is 9.31 Å². The second-order valence-corrected chi connectivity index (χ2v) is 8.16. The number of nitrogens with zero attached hydrogens (tertiary/aromatic N) is 1. The summed E-state index contributed by atoms with van der Waals surface area (Å²) >= 11 is -1.19. The summed E-state index contributed by atoms with van der Waals surface area (Å²) in [6.07, 6.45) is 3.29. The Labute approximate surface area is 141 Å². The first-order chi connectivity index (χ1) is 10.4. The van der Waals surface area contributed by atoms with Crippen molar-refractivity contribution in [1.82, 2.24) is 9.29 Å². The molecule has 2 atom stereocenters. The third kappa shape index (κ3) is 3.66. The van der Waals surface area contributed by atoms with E-state index in [-0.39, 0.29) is 11.6 Å². The van der Waals surface area contributed by atoms with E-state index in [1.165, 1.54) is 4.57 Å². The zero-order valence-corrected chi connectivity index (χ0v) is 15.6. The van der Waals surface area contributed by atoms with Crippen molar-refractivity contribution in [3.05, 3.63) is 28.2 Å². The van der Waals surface area contributed by atoms with Crippen LogP contribution < -0.4 is 15.7 Å². The smallest absolute Gasteiger partial charge is 0.496 e. The largest absolute Gasteiger partial charge is 0.598 e. The lowest BCUT2D eigenvalue weighted by Crippen LogP contribution is -2.42. The number of hydrogen-bond donors (Lipinski definition) is 1. The van der Waals surface area contributed by atoms with Crippen molar-refractivity contribution in [2.45, 2.75) is 51.9 Å². The molecule has 1 fully saturated rings. The molecule has 0 aliphatic carbocycles. The summed E-state index contributed by atoms with van der Waals surface area (Å²) in [5, 5.41) is 0. The minimum absolute atomic E-state index is 0.129. The van der Waals surface area contributed by atoms with Gasteiger partial charge in [0.25, 0.3) is 5.56 Å². The van der Waals surface area contributed by atoms with Crippen molar-refractivity contribution < 1.29 is 13.9 Å². The normalized spacial score (nSPS) is 22.2. The maximum absolute atomic E-state index is 12.0. The van der Waals surface area contributed by atoms with Gasteiger partial charge in [0, 0.05) is 36.1 Å². The molecule has 1 saturated heterocycles. The zero-order valence-electron chi connectivity index (χ0n) is 14.8. The van der Waals surface area contributed by atoms with Gasteiger partial charge in [0.2, 0.25) is 0 Å². The molecule has 0 bridgehead atoms. The van der Waals surface area contributed by atoms with Gasteiger partial charge in [0.05, 0.1) is 17.2 Å². The fraction of sp³-hybridized carbons (Fsp3) is 0.667. The zero-order chi connectivity index (χ0) is 17.6. The van der Waals surface area contributed by atoms with Gasteiger partial charge < -0.3 is 18.4 Å². The standard InChI is InChI=1S/C15H25BN2O4S/c1-10(17-23(7)20)11-8-13(19)18(6)9-12(11)16-21-14(2,3)15(4,5)22-16/h8-10,17H,1-7H3/t10-,23-/m0/s1. The summed E-state index contributed by atoms with van der Waals surface area (Å²) in [7, 11) is 1.12. The Hall–Kier alpha value is -0.795. The van der Waals surface area contributed by atoms with Crippen LogP contribution in [-0.2, 0) is 27.7 Å². The van der Waals surface area contributed by atoms with E-state index in [2.05, 4.69) is 4.72 Å². The van der Waals surface area contributed by atoms with Crippen LogP contribution >= 0.6 is 0 Å². The molecule has 1 aromatic rings. The third-order valence-electron chi connectivity index (χ3n) is 4.61. The molecule has 1 aliphatic rings. The Morgan fingerprint density at radius 2 is 1.83 bits per heavy atom. The van der Waals surface area contributed by atoms with Crippen molar-refractivity contribution in [3.8, 4) is 0 Å². The fourth-order valence-electron chi connectivity index (χ4n) is 2.52. The first kappa shape index (κ1) is 18.5. The van der Waals surface area contributed by atoms with Gasteiger partial charge in [-0.2, -0.15) is 0 Å². The molecule has 128 valence electrons. The third-order valence-corrected chi connectivity index (χ3v) is 5.29. The molecule has 0 radical (unpaired) electrons. The van der Waals surface area contributed by atoms with Crippen molar-refractivity contribution in [2.75, 3.05) is 6.26 Å². The van der Waals surface area contributed by atoms with Gasteiger partial charge in [0.15, 0.2) is 0 Å². The van der Waals surface area contributed by atoms with E-state index in [1.54, 1.807) is 25.6 Å². The van der Waals surface area contributed by atoms with Crippen LogP contribution in [0.4, 0.5) is 0 Å². The first-order valence-electron chi connectivity index (χ1n) is 7.60. The highest BCUT2D eigenvalue weighted by Crippen LogP contribution is 2.36. The molecule has 2 heterocycles. The number of pyridine rings is 1. The average molecular weight is 340 g/mol. The molecule has 2 rings (SSSR count). The molecular formula is C15H25BN2O4S. The van der Waals surface area contributed by atoms with Gasteiger partial charge in [-0.05, 0) is 40.2 Å². The van der Waals surface area contributed by atoms with Crippen molar-refractivity contribution in [3.63, 3.8) is 0 Å². The van der Waals surface area contributed by atoms with Gasteiger partial charge in [-0.1, -0.05) is 0 Å². The molecule has 8 heteroatoms. The van der Waals surface area contributed by atoms with Gasteiger partial charge >= 0.3 is 7.12 Å². The predicted molar refractivity (Wildman–Crippen MR) is 93.0 cm³/mol. The minimum atomic E-state index is -1.19. The first-order valence-corrected chi connectivity index (χ1v) is 9.16. The van der Waals surface area contributed by atoms with Crippen LogP contribution in [0.15, 0.2) is 17.1 Å². The molecule has 1 N–H and O–H groups in total. The molecule has 0 unspecified atom stereocenters. The highest BCUT2D eigenvalue weighted by Gasteiger charge is 2.52. The SMILES string of the molecule is C[C@H](N[S@+](C)[O-])c1cc(=O)n(C)cc1B1OC(C)(C)C(C)(C)O1. The topological polar surface area (TPSA) is 75.5 Å². The van der Waals surface area contributed by atoms with E-state index in [0.29, 0.717) is 0 Å². The van der Waals surface area contributed by atoms with Crippen LogP contribution in [0, 0.1) is 0 Å². The molecule has 1 aromatic heterocycles. The summed E-state index contributed by atoms with van der Waals surface area (Å²) in [5.74, 6) is 0. The molecule has 0 spiro atoms. The Bertz CT molecular complexity index is 629. The van der Waals surface area contributed by atoms with Gasteiger partial charge in [-0.25, -0.2) is 0 Å². The quantitative estimate of drug-likeness (QED) is 0.643. The molecule has 0 amide bonds. The van der Waals surface area contributed by atoms with Crippen LogP contribution in [-0.4, -0.2) is 33.7 Å². The molecule has 0 saturated carbocycles. The average Bonchev–Trinajstić information content (AvgIpc) is 2.60. The summed E-state index contributed by atoms with van der Waals surface area (Å²) in [4.78, 5) is 12.0. The van der Waals surface area contributed by atoms with E-state index in [0.717, 1.165) is 11.0 Å².